The second-order valence-electron chi connectivity index (χ2n) is 6.69. The normalized spacial score (nSPS) is 15.5. The highest BCUT2D eigenvalue weighted by Gasteiger charge is 2.30. The van der Waals surface area contributed by atoms with E-state index in [1.54, 1.807) is 23.1 Å². The number of H-pyrrole nitrogens is 1. The van der Waals surface area contributed by atoms with Crippen LogP contribution in [0, 0.1) is 0 Å². The third kappa shape index (κ3) is 3.03. The van der Waals surface area contributed by atoms with Gasteiger partial charge in [-0.1, -0.05) is 17.8 Å². The van der Waals surface area contributed by atoms with Gasteiger partial charge < -0.3 is 9.55 Å². The largest absolute Gasteiger partial charge is 0.309 e. The molecule has 1 aliphatic rings. The highest BCUT2D eigenvalue weighted by molar-refractivity contribution is 7.99. The molecule has 27 heavy (non-hydrogen) atoms. The number of thiophene rings is 2. The van der Waals surface area contributed by atoms with Crippen LogP contribution in [0.4, 0.5) is 0 Å². The van der Waals surface area contributed by atoms with Crippen LogP contribution in [0.5, 0.6) is 0 Å². The number of thioether (sulfide) groups is 1. The Kier molecular flexibility index (Phi) is 4.18. The summed E-state index contributed by atoms with van der Waals surface area (Å²) in [5, 5.41) is 14.2. The van der Waals surface area contributed by atoms with E-state index in [0.29, 0.717) is 17.1 Å². The summed E-state index contributed by atoms with van der Waals surface area (Å²) in [6.45, 7) is 2.04. The van der Waals surface area contributed by atoms with E-state index in [2.05, 4.69) is 19.7 Å². The van der Waals surface area contributed by atoms with Gasteiger partial charge in [0.05, 0.1) is 10.6 Å². The van der Waals surface area contributed by atoms with Crippen molar-refractivity contribution in [3.8, 4) is 10.4 Å². The van der Waals surface area contributed by atoms with Crippen molar-refractivity contribution >= 4 is 44.7 Å². The van der Waals surface area contributed by atoms with Crippen LogP contribution in [0.2, 0.25) is 0 Å². The molecule has 0 aliphatic heterocycles. The van der Waals surface area contributed by atoms with E-state index >= 15 is 0 Å². The lowest BCUT2D eigenvalue weighted by Gasteiger charge is -2.10. The Labute approximate surface area is 167 Å². The zero-order chi connectivity index (χ0) is 18.5. The summed E-state index contributed by atoms with van der Waals surface area (Å²) < 4.78 is 2.06. The molecule has 0 bridgehead atoms. The first kappa shape index (κ1) is 17.2. The fourth-order valence-corrected chi connectivity index (χ4v) is 5.76. The van der Waals surface area contributed by atoms with E-state index in [0.717, 1.165) is 26.3 Å². The van der Waals surface area contributed by atoms with Crippen LogP contribution in [0.1, 0.15) is 42.6 Å². The fourth-order valence-electron chi connectivity index (χ4n) is 3.11. The van der Waals surface area contributed by atoms with Gasteiger partial charge in [-0.05, 0) is 31.2 Å². The van der Waals surface area contributed by atoms with Crippen LogP contribution in [0.3, 0.4) is 0 Å². The second kappa shape index (κ2) is 6.57. The van der Waals surface area contributed by atoms with E-state index in [-0.39, 0.29) is 10.8 Å². The predicted octanol–water partition coefficient (Wildman–Crippen LogP) is 4.57. The molecule has 0 radical (unpaired) electrons. The topological polar surface area (TPSA) is 76.5 Å². The fraction of sp³-hybridized carbons (Fsp3) is 0.333. The molecular weight excluding hydrogens is 398 g/mol. The average Bonchev–Trinajstić information content (AvgIpc) is 3.06. The van der Waals surface area contributed by atoms with Gasteiger partial charge >= 0.3 is 0 Å². The summed E-state index contributed by atoms with van der Waals surface area (Å²) >= 11 is 4.72. The zero-order valence-electron chi connectivity index (χ0n) is 14.8. The Morgan fingerprint density at radius 2 is 2.19 bits per heavy atom. The molecule has 4 aromatic heterocycles. The molecule has 1 atom stereocenters. The summed E-state index contributed by atoms with van der Waals surface area (Å²) in [6, 6.07) is 4.03. The molecule has 1 saturated carbocycles. The van der Waals surface area contributed by atoms with E-state index in [4.69, 9.17) is 4.98 Å². The molecule has 0 saturated heterocycles. The lowest BCUT2D eigenvalue weighted by molar-refractivity contribution is 0.733. The van der Waals surface area contributed by atoms with Gasteiger partial charge in [0.1, 0.15) is 16.5 Å². The van der Waals surface area contributed by atoms with Crippen molar-refractivity contribution in [1.82, 2.24) is 24.7 Å². The van der Waals surface area contributed by atoms with Crippen LogP contribution in [-0.2, 0) is 7.05 Å². The van der Waals surface area contributed by atoms with Crippen LogP contribution < -0.4 is 5.56 Å². The standard InChI is InChI=1S/C18H17N5OS3/c1-9(27-18-22-21-15(23(18)2)10-5-6-10)14-19-16(24)13-11(8-26-17(13)20-14)12-4-3-7-25-12/h3-4,7-10H,5-6H2,1-2H3,(H,19,20,24)/t9-/m1/s1. The molecule has 1 N–H and O–H groups in total. The lowest BCUT2D eigenvalue weighted by Crippen LogP contribution is -2.12. The monoisotopic (exact) mass is 415 g/mol. The van der Waals surface area contributed by atoms with Gasteiger partial charge in [0.25, 0.3) is 5.56 Å². The average molecular weight is 416 g/mol. The second-order valence-corrected chi connectivity index (χ2v) is 9.81. The summed E-state index contributed by atoms with van der Waals surface area (Å²) in [5.41, 5.74) is 0.886. The SMILES string of the molecule is C[C@@H](Sc1nnc(C2CC2)n1C)c1nc2scc(-c3cccs3)c2c(=O)[nH]1. The first-order valence-corrected chi connectivity index (χ1v) is 11.4. The lowest BCUT2D eigenvalue weighted by atomic mass is 10.2. The highest BCUT2D eigenvalue weighted by Crippen LogP contribution is 2.41. The Morgan fingerprint density at radius 3 is 2.93 bits per heavy atom. The van der Waals surface area contributed by atoms with Gasteiger partial charge in [-0.15, -0.1) is 32.9 Å². The van der Waals surface area contributed by atoms with Crippen LogP contribution >= 0.6 is 34.4 Å². The van der Waals surface area contributed by atoms with Crippen molar-refractivity contribution < 1.29 is 0 Å². The quantitative estimate of drug-likeness (QED) is 0.483. The maximum absolute atomic E-state index is 12.8. The summed E-state index contributed by atoms with van der Waals surface area (Å²) in [6.07, 6.45) is 2.39. The number of aromatic amines is 1. The van der Waals surface area contributed by atoms with Crippen LogP contribution in [-0.4, -0.2) is 24.7 Å². The molecule has 138 valence electrons. The highest BCUT2D eigenvalue weighted by atomic mass is 32.2. The first-order chi connectivity index (χ1) is 13.1. The number of rotatable bonds is 5. The molecule has 6 nitrogen and oxygen atoms in total. The van der Waals surface area contributed by atoms with Gasteiger partial charge in [0.15, 0.2) is 5.16 Å². The molecule has 9 heteroatoms. The van der Waals surface area contributed by atoms with Gasteiger partial charge in [-0.25, -0.2) is 4.98 Å². The summed E-state index contributed by atoms with van der Waals surface area (Å²) in [5.74, 6) is 2.29. The Balaban J connectivity index is 1.47. The van der Waals surface area contributed by atoms with Gasteiger partial charge in [0.2, 0.25) is 0 Å². The Morgan fingerprint density at radius 1 is 1.33 bits per heavy atom. The first-order valence-electron chi connectivity index (χ1n) is 8.73. The molecular formula is C18H17N5OS3. The molecule has 0 spiro atoms. The number of hydrogen-bond acceptors (Lipinski definition) is 7. The van der Waals surface area contributed by atoms with E-state index in [9.17, 15) is 4.79 Å². The zero-order valence-corrected chi connectivity index (χ0v) is 17.2. The van der Waals surface area contributed by atoms with E-state index in [1.165, 1.54) is 24.2 Å². The molecule has 0 aromatic carbocycles. The summed E-state index contributed by atoms with van der Waals surface area (Å²) in [7, 11) is 2.01. The van der Waals surface area contributed by atoms with Gasteiger partial charge in [0, 0.05) is 28.8 Å². The minimum Gasteiger partial charge on any atom is -0.309 e. The smallest absolute Gasteiger partial charge is 0.260 e. The number of aromatic nitrogens is 5. The Bertz CT molecular complexity index is 1170. The van der Waals surface area contributed by atoms with Crippen LogP contribution in [0.15, 0.2) is 32.8 Å². The summed E-state index contributed by atoms with van der Waals surface area (Å²) in [4.78, 5) is 22.4. The number of hydrogen-bond donors (Lipinski definition) is 1. The molecule has 1 aliphatic carbocycles. The van der Waals surface area contributed by atoms with Crippen molar-refractivity contribution in [2.24, 2.45) is 7.05 Å². The van der Waals surface area contributed by atoms with Crippen molar-refractivity contribution in [3.63, 3.8) is 0 Å². The van der Waals surface area contributed by atoms with Crippen molar-refractivity contribution in [1.29, 1.82) is 0 Å². The van der Waals surface area contributed by atoms with Crippen LogP contribution in [0.25, 0.3) is 20.7 Å². The van der Waals surface area contributed by atoms with E-state index < -0.39 is 0 Å². The molecule has 5 rings (SSSR count). The maximum atomic E-state index is 12.8. The third-order valence-electron chi connectivity index (χ3n) is 4.73. The number of nitrogens with one attached hydrogen (secondary N) is 1. The minimum atomic E-state index is -0.0799. The third-order valence-corrected chi connectivity index (χ3v) is 7.65. The minimum absolute atomic E-state index is 0.0238. The molecule has 1 fully saturated rings. The van der Waals surface area contributed by atoms with Crippen molar-refractivity contribution in [2.45, 2.75) is 36.1 Å². The number of nitrogens with zero attached hydrogens (tertiary/aromatic N) is 4. The van der Waals surface area contributed by atoms with Crippen molar-refractivity contribution in [3.05, 3.63) is 44.9 Å². The van der Waals surface area contributed by atoms with Crippen molar-refractivity contribution in [2.75, 3.05) is 0 Å². The van der Waals surface area contributed by atoms with Gasteiger partial charge in [-0.2, -0.15) is 0 Å². The molecule has 4 heterocycles. The maximum Gasteiger partial charge on any atom is 0.260 e. The van der Waals surface area contributed by atoms with Gasteiger partial charge in [-0.3, -0.25) is 4.79 Å². The molecule has 0 unspecified atom stereocenters. The predicted molar refractivity (Wildman–Crippen MR) is 111 cm³/mol. The molecule has 0 amide bonds. The van der Waals surface area contributed by atoms with E-state index in [1.807, 2.05) is 36.9 Å². The Hall–Kier alpha value is -1.97. The number of fused-ring (bicyclic) bond motifs is 1. The molecule has 4 aromatic rings.